The molecule has 1 fully saturated rings. The van der Waals surface area contributed by atoms with E-state index in [0.717, 1.165) is 19.3 Å². The van der Waals surface area contributed by atoms with Gasteiger partial charge in [0.1, 0.15) is 0 Å². The minimum atomic E-state index is 0.0674. The molecule has 18 heavy (non-hydrogen) atoms. The van der Waals surface area contributed by atoms with Crippen LogP contribution in [0.5, 0.6) is 0 Å². The second-order valence-electron chi connectivity index (χ2n) is 5.42. The van der Waals surface area contributed by atoms with E-state index in [0.29, 0.717) is 17.8 Å². The Morgan fingerprint density at radius 3 is 2.94 bits per heavy atom. The van der Waals surface area contributed by atoms with Gasteiger partial charge >= 0.3 is 0 Å². The number of carbonyl (C=O) groups excluding carboxylic acids is 1. The van der Waals surface area contributed by atoms with Crippen molar-refractivity contribution in [3.05, 3.63) is 35.4 Å². The molecule has 0 aromatic heterocycles. The minimum Gasteiger partial charge on any atom is -0.353 e. The molecule has 3 atom stereocenters. The Balaban J connectivity index is 1.64. The van der Waals surface area contributed by atoms with Gasteiger partial charge in [-0.05, 0) is 36.3 Å². The molecule has 0 spiro atoms. The molecule has 0 aliphatic heterocycles. The molecule has 2 nitrogen and oxygen atoms in total. The molecule has 0 saturated heterocycles. The molecular weight excluding hydrogens is 246 g/mol. The molecule has 1 aromatic carbocycles. The third-order valence-corrected chi connectivity index (χ3v) is 4.75. The molecule has 96 valence electrons. The van der Waals surface area contributed by atoms with E-state index in [-0.39, 0.29) is 11.8 Å². The lowest BCUT2D eigenvalue weighted by Gasteiger charge is -2.31. The molecule has 3 rings (SSSR count). The zero-order valence-electron chi connectivity index (χ0n) is 10.4. The lowest BCUT2D eigenvalue weighted by molar-refractivity contribution is -0.124. The molecule has 1 amide bonds. The number of hydrogen-bond acceptors (Lipinski definition) is 1. The van der Waals surface area contributed by atoms with Gasteiger partial charge in [-0.1, -0.05) is 30.7 Å². The van der Waals surface area contributed by atoms with Crippen LogP contribution >= 0.6 is 11.6 Å². The van der Waals surface area contributed by atoms with Crippen molar-refractivity contribution >= 4 is 17.5 Å². The fourth-order valence-corrected chi connectivity index (χ4v) is 3.56. The van der Waals surface area contributed by atoms with Gasteiger partial charge < -0.3 is 5.32 Å². The number of nitrogens with one attached hydrogen (secondary N) is 1. The van der Waals surface area contributed by atoms with Crippen LogP contribution in [0.4, 0.5) is 0 Å². The van der Waals surface area contributed by atoms with Crippen molar-refractivity contribution in [2.24, 2.45) is 5.92 Å². The van der Waals surface area contributed by atoms with E-state index >= 15 is 0 Å². The first-order chi connectivity index (χ1) is 8.79. The van der Waals surface area contributed by atoms with E-state index in [2.05, 4.69) is 17.4 Å². The molecule has 1 saturated carbocycles. The molecule has 2 aliphatic rings. The summed E-state index contributed by atoms with van der Waals surface area (Å²) in [7, 11) is 0. The van der Waals surface area contributed by atoms with E-state index in [1.54, 1.807) is 0 Å². The Kier molecular flexibility index (Phi) is 3.29. The maximum atomic E-state index is 12.3. The molecule has 2 aliphatic carbocycles. The van der Waals surface area contributed by atoms with Crippen molar-refractivity contribution in [1.29, 1.82) is 0 Å². The molecule has 3 unspecified atom stereocenters. The van der Waals surface area contributed by atoms with E-state index in [1.807, 2.05) is 12.1 Å². The molecule has 0 bridgehead atoms. The maximum Gasteiger partial charge on any atom is 0.228 e. The Morgan fingerprint density at radius 2 is 2.17 bits per heavy atom. The summed E-state index contributed by atoms with van der Waals surface area (Å²) in [6, 6.07) is 8.51. The molecule has 3 heteroatoms. The highest BCUT2D eigenvalue weighted by atomic mass is 35.5. The summed E-state index contributed by atoms with van der Waals surface area (Å²) < 4.78 is 0. The van der Waals surface area contributed by atoms with E-state index in [4.69, 9.17) is 11.6 Å². The monoisotopic (exact) mass is 263 g/mol. The Morgan fingerprint density at radius 1 is 1.33 bits per heavy atom. The summed E-state index contributed by atoms with van der Waals surface area (Å²) in [5.41, 5.74) is 2.52. The third kappa shape index (κ3) is 2.03. The van der Waals surface area contributed by atoms with Crippen LogP contribution in [0, 0.1) is 5.92 Å². The largest absolute Gasteiger partial charge is 0.353 e. The first kappa shape index (κ1) is 12.0. The Bertz CT molecular complexity index is 460. The van der Waals surface area contributed by atoms with Crippen molar-refractivity contribution in [3.8, 4) is 0 Å². The van der Waals surface area contributed by atoms with E-state index in [9.17, 15) is 4.79 Å². The smallest absolute Gasteiger partial charge is 0.228 e. The zero-order chi connectivity index (χ0) is 12.5. The van der Waals surface area contributed by atoms with Crippen LogP contribution in [-0.2, 0) is 11.2 Å². The van der Waals surface area contributed by atoms with Crippen LogP contribution in [0.3, 0.4) is 0 Å². The zero-order valence-corrected chi connectivity index (χ0v) is 11.1. The predicted molar refractivity (Wildman–Crippen MR) is 72.9 cm³/mol. The van der Waals surface area contributed by atoms with Gasteiger partial charge in [-0.3, -0.25) is 4.79 Å². The lowest BCUT2D eigenvalue weighted by atomic mass is 9.77. The summed E-state index contributed by atoms with van der Waals surface area (Å²) in [4.78, 5) is 12.3. The Labute approximate surface area is 113 Å². The van der Waals surface area contributed by atoms with Crippen molar-refractivity contribution in [2.45, 2.75) is 37.6 Å². The van der Waals surface area contributed by atoms with Gasteiger partial charge in [-0.2, -0.15) is 0 Å². The number of alkyl halides is 1. The van der Waals surface area contributed by atoms with Crippen molar-refractivity contribution < 1.29 is 4.79 Å². The van der Waals surface area contributed by atoms with Crippen LogP contribution in [0.1, 0.15) is 36.3 Å². The lowest BCUT2D eigenvalue weighted by Crippen LogP contribution is -2.43. The van der Waals surface area contributed by atoms with Gasteiger partial charge in [0.15, 0.2) is 0 Å². The van der Waals surface area contributed by atoms with Gasteiger partial charge in [-0.25, -0.2) is 0 Å². The number of fused-ring (bicyclic) bond motifs is 1. The predicted octanol–water partition coefficient (Wildman–Crippen LogP) is 2.85. The molecule has 1 aromatic rings. The average molecular weight is 264 g/mol. The summed E-state index contributed by atoms with van der Waals surface area (Å²) in [6.07, 6.45) is 4.30. The van der Waals surface area contributed by atoms with Crippen LogP contribution in [-0.4, -0.2) is 17.8 Å². The van der Waals surface area contributed by atoms with E-state index in [1.165, 1.54) is 17.5 Å². The Hall–Kier alpha value is -1.02. The molecule has 1 N–H and O–H groups in total. The van der Waals surface area contributed by atoms with Crippen LogP contribution in [0.15, 0.2) is 24.3 Å². The van der Waals surface area contributed by atoms with Gasteiger partial charge in [0.2, 0.25) is 5.91 Å². The van der Waals surface area contributed by atoms with Crippen molar-refractivity contribution in [3.63, 3.8) is 0 Å². The number of halogens is 1. The maximum absolute atomic E-state index is 12.3. The second kappa shape index (κ2) is 4.93. The van der Waals surface area contributed by atoms with E-state index < -0.39 is 0 Å². The quantitative estimate of drug-likeness (QED) is 0.835. The van der Waals surface area contributed by atoms with Gasteiger partial charge in [-0.15, -0.1) is 11.6 Å². The number of benzene rings is 1. The van der Waals surface area contributed by atoms with Gasteiger partial charge in [0.25, 0.3) is 0 Å². The number of hydrogen-bond donors (Lipinski definition) is 1. The standard InChI is InChI=1S/C15H18ClNO/c16-9-11-5-3-7-14(11)17-15(18)13-8-10-4-1-2-6-12(10)13/h1-2,4,6,11,13-14H,3,5,7-9H2,(H,17,18). The SMILES string of the molecule is O=C(NC1CCCC1CCl)C1Cc2ccccc21. The highest BCUT2D eigenvalue weighted by Crippen LogP contribution is 2.35. The topological polar surface area (TPSA) is 29.1 Å². The molecular formula is C15H18ClNO. The minimum absolute atomic E-state index is 0.0674. The summed E-state index contributed by atoms with van der Waals surface area (Å²) in [5.74, 6) is 1.38. The van der Waals surface area contributed by atoms with Gasteiger partial charge in [0.05, 0.1) is 5.92 Å². The fraction of sp³-hybridized carbons (Fsp3) is 0.533. The van der Waals surface area contributed by atoms with Crippen LogP contribution < -0.4 is 5.32 Å². The normalized spacial score (nSPS) is 29.5. The fourth-order valence-electron chi connectivity index (χ4n) is 3.19. The highest BCUT2D eigenvalue weighted by molar-refractivity contribution is 6.18. The summed E-state index contributed by atoms with van der Waals surface area (Å²) in [6.45, 7) is 0. The first-order valence-electron chi connectivity index (χ1n) is 6.73. The molecule has 0 radical (unpaired) electrons. The number of rotatable bonds is 3. The average Bonchev–Trinajstić information content (AvgIpc) is 2.78. The second-order valence-corrected chi connectivity index (χ2v) is 5.72. The summed E-state index contributed by atoms with van der Waals surface area (Å²) in [5, 5.41) is 3.20. The highest BCUT2D eigenvalue weighted by Gasteiger charge is 2.35. The van der Waals surface area contributed by atoms with Crippen LogP contribution in [0.25, 0.3) is 0 Å². The van der Waals surface area contributed by atoms with Crippen molar-refractivity contribution in [2.75, 3.05) is 5.88 Å². The number of amides is 1. The summed E-state index contributed by atoms with van der Waals surface area (Å²) >= 11 is 5.94. The van der Waals surface area contributed by atoms with Gasteiger partial charge in [0, 0.05) is 11.9 Å². The first-order valence-corrected chi connectivity index (χ1v) is 7.27. The van der Waals surface area contributed by atoms with Crippen LogP contribution in [0.2, 0.25) is 0 Å². The third-order valence-electron chi connectivity index (χ3n) is 4.36. The number of carbonyl (C=O) groups is 1. The molecule has 0 heterocycles. The van der Waals surface area contributed by atoms with Crippen molar-refractivity contribution in [1.82, 2.24) is 5.32 Å².